The molecule has 0 amide bonds. The third-order valence-corrected chi connectivity index (χ3v) is 4.27. The van der Waals surface area contributed by atoms with Gasteiger partial charge in [-0.25, -0.2) is 6.29 Å². The number of hydrogen-bond acceptors (Lipinski definition) is 7. The van der Waals surface area contributed by atoms with Gasteiger partial charge in [0.2, 0.25) is 6.79 Å². The molecule has 0 saturated heterocycles. The number of benzene rings is 2. The summed E-state index contributed by atoms with van der Waals surface area (Å²) in [4.78, 5) is 21.7. The first kappa shape index (κ1) is 19.3. The molecule has 0 N–H and O–H groups in total. The van der Waals surface area contributed by atoms with Crippen LogP contribution >= 0.6 is 0 Å². The van der Waals surface area contributed by atoms with Crippen molar-refractivity contribution in [3.8, 4) is 11.5 Å². The Morgan fingerprint density at radius 2 is 1.89 bits per heavy atom. The summed E-state index contributed by atoms with van der Waals surface area (Å²) in [6, 6.07) is 8.31. The molecule has 0 unspecified atom stereocenters. The molecule has 0 saturated carbocycles. The summed E-state index contributed by atoms with van der Waals surface area (Å²) in [5.41, 5.74) is 3.39. The standard InChI is InChI=1S/C18H12N3O5.Y/c1-10-4-11(2-3-15(10)21(23)24)18-14-7-17-16(25-9-26-17)6-12(14)5-13(8-22)19-20-18;/h2-4,6-7H,5,9H2,1H3;/q-1;. The number of nitrogens with zero attached hydrogens (tertiary/aromatic N) is 3. The fourth-order valence-electron chi connectivity index (χ4n) is 3.01. The fourth-order valence-corrected chi connectivity index (χ4v) is 3.01. The van der Waals surface area contributed by atoms with Gasteiger partial charge in [0, 0.05) is 55.5 Å². The van der Waals surface area contributed by atoms with E-state index in [4.69, 9.17) is 9.47 Å². The molecule has 2 aromatic carbocycles. The Morgan fingerprint density at radius 1 is 1.15 bits per heavy atom. The van der Waals surface area contributed by atoms with Crippen molar-refractivity contribution in [2.24, 2.45) is 10.2 Å². The van der Waals surface area contributed by atoms with Crippen molar-refractivity contribution < 1.29 is 51.9 Å². The predicted molar refractivity (Wildman–Crippen MR) is 92.9 cm³/mol. The minimum absolute atomic E-state index is 0. The van der Waals surface area contributed by atoms with Gasteiger partial charge < -0.3 is 14.3 Å². The van der Waals surface area contributed by atoms with Crippen LogP contribution in [0.3, 0.4) is 0 Å². The van der Waals surface area contributed by atoms with Crippen molar-refractivity contribution in [3.63, 3.8) is 0 Å². The Bertz CT molecular complexity index is 1020. The Labute approximate surface area is 179 Å². The molecule has 2 heterocycles. The van der Waals surface area contributed by atoms with Gasteiger partial charge in [-0.2, -0.15) is 10.2 Å². The maximum Gasteiger partial charge on any atom is 0.272 e. The van der Waals surface area contributed by atoms with Crippen molar-refractivity contribution in [2.45, 2.75) is 13.3 Å². The van der Waals surface area contributed by atoms with Gasteiger partial charge in [-0.3, -0.25) is 10.1 Å². The number of ether oxygens (including phenoxy) is 2. The second-order valence-corrected chi connectivity index (χ2v) is 5.90. The first-order chi connectivity index (χ1) is 12.6. The smallest absolute Gasteiger partial charge is 0.272 e. The molecular formula is C18H12N3O5Y-. The molecule has 0 spiro atoms. The average Bonchev–Trinajstić information content (AvgIpc) is 2.99. The largest absolute Gasteiger partial charge is 0.536 e. The fraction of sp³-hybridized carbons (Fsp3) is 0.167. The zero-order valence-electron chi connectivity index (χ0n) is 14.3. The molecule has 133 valence electrons. The van der Waals surface area contributed by atoms with Crippen LogP contribution < -0.4 is 9.47 Å². The summed E-state index contributed by atoms with van der Waals surface area (Å²) >= 11 is 0. The second kappa shape index (κ2) is 7.66. The SMILES string of the molecule is Cc1cc(C2=NN=C([C-]=O)Cc3cc4c(cc32)OCO4)ccc1[N+](=O)[O-].[Y]. The Kier molecular flexibility index (Phi) is 5.48. The van der Waals surface area contributed by atoms with Crippen molar-refractivity contribution in [3.05, 3.63) is 62.7 Å². The number of nitro benzene ring substituents is 1. The molecule has 0 bridgehead atoms. The van der Waals surface area contributed by atoms with E-state index in [0.717, 1.165) is 11.1 Å². The zero-order valence-corrected chi connectivity index (χ0v) is 17.1. The van der Waals surface area contributed by atoms with E-state index in [2.05, 4.69) is 10.2 Å². The predicted octanol–water partition coefficient (Wildman–Crippen LogP) is 2.49. The molecule has 4 rings (SSSR count). The molecule has 0 atom stereocenters. The van der Waals surface area contributed by atoms with E-state index in [1.54, 1.807) is 37.5 Å². The van der Waals surface area contributed by atoms with Gasteiger partial charge in [0.1, 0.15) is 5.71 Å². The van der Waals surface area contributed by atoms with Crippen LogP contribution in [-0.2, 0) is 43.9 Å². The van der Waals surface area contributed by atoms with Gasteiger partial charge in [0.05, 0.1) is 4.92 Å². The molecule has 27 heavy (non-hydrogen) atoms. The molecule has 0 aromatic heterocycles. The van der Waals surface area contributed by atoms with E-state index >= 15 is 0 Å². The number of fused-ring (bicyclic) bond motifs is 2. The second-order valence-electron chi connectivity index (χ2n) is 5.90. The Morgan fingerprint density at radius 3 is 2.56 bits per heavy atom. The van der Waals surface area contributed by atoms with Crippen molar-refractivity contribution in [1.82, 2.24) is 0 Å². The monoisotopic (exact) mass is 439 g/mol. The Balaban J connectivity index is 0.00000210. The van der Waals surface area contributed by atoms with Crippen molar-refractivity contribution >= 4 is 23.4 Å². The van der Waals surface area contributed by atoms with Crippen LogP contribution in [0.15, 0.2) is 40.5 Å². The van der Waals surface area contributed by atoms with Crippen LogP contribution in [0.2, 0.25) is 0 Å². The van der Waals surface area contributed by atoms with Gasteiger partial charge in [0.15, 0.2) is 11.5 Å². The molecule has 9 heteroatoms. The maximum absolute atomic E-state index is 11.1. The van der Waals surface area contributed by atoms with Crippen LogP contribution in [0.25, 0.3) is 0 Å². The summed E-state index contributed by atoms with van der Waals surface area (Å²) in [5, 5.41) is 19.2. The minimum Gasteiger partial charge on any atom is -0.536 e. The van der Waals surface area contributed by atoms with Gasteiger partial charge in [-0.15, -0.1) is 0 Å². The van der Waals surface area contributed by atoms with Crippen molar-refractivity contribution in [2.75, 3.05) is 6.79 Å². The average molecular weight is 439 g/mol. The summed E-state index contributed by atoms with van der Waals surface area (Å²) < 4.78 is 10.8. The van der Waals surface area contributed by atoms with Crippen LogP contribution in [0.1, 0.15) is 22.3 Å². The molecule has 2 aliphatic rings. The van der Waals surface area contributed by atoms with Crippen LogP contribution in [-0.4, -0.2) is 29.4 Å². The maximum atomic E-state index is 11.1. The number of nitro groups is 1. The first-order valence-electron chi connectivity index (χ1n) is 7.78. The van der Waals surface area contributed by atoms with Crippen LogP contribution in [0, 0.1) is 17.0 Å². The summed E-state index contributed by atoms with van der Waals surface area (Å²) in [6.07, 6.45) is 2.05. The van der Waals surface area contributed by atoms with E-state index < -0.39 is 4.92 Å². The van der Waals surface area contributed by atoms with E-state index in [1.807, 2.05) is 0 Å². The van der Waals surface area contributed by atoms with Gasteiger partial charge in [-0.05, 0) is 43.2 Å². The summed E-state index contributed by atoms with van der Waals surface area (Å²) in [5.74, 6) is 1.17. The first-order valence-corrected chi connectivity index (χ1v) is 7.78. The van der Waals surface area contributed by atoms with Gasteiger partial charge in [0.25, 0.3) is 5.69 Å². The third-order valence-electron chi connectivity index (χ3n) is 4.27. The van der Waals surface area contributed by atoms with Gasteiger partial charge >= 0.3 is 0 Å². The molecule has 2 aliphatic heterocycles. The molecular weight excluding hydrogens is 427 g/mol. The molecule has 0 aliphatic carbocycles. The zero-order chi connectivity index (χ0) is 18.3. The number of carbonyl (C=O) groups excluding carboxylic acids is 1. The summed E-state index contributed by atoms with van der Waals surface area (Å²) in [7, 11) is 0. The van der Waals surface area contributed by atoms with Gasteiger partial charge in [-0.1, -0.05) is 5.71 Å². The van der Waals surface area contributed by atoms with E-state index in [9.17, 15) is 14.9 Å². The minimum atomic E-state index is -0.433. The van der Waals surface area contributed by atoms with Crippen molar-refractivity contribution in [1.29, 1.82) is 0 Å². The summed E-state index contributed by atoms with van der Waals surface area (Å²) in [6.45, 7) is 1.79. The number of rotatable bonds is 3. The molecule has 0 fully saturated rings. The van der Waals surface area contributed by atoms with E-state index in [1.165, 1.54) is 6.07 Å². The normalized spacial score (nSPS) is 14.3. The van der Waals surface area contributed by atoms with E-state index in [-0.39, 0.29) is 57.3 Å². The number of aryl methyl sites for hydroxylation is 1. The van der Waals surface area contributed by atoms with Crippen LogP contribution in [0.4, 0.5) is 5.69 Å². The third kappa shape index (κ3) is 3.55. The molecule has 2 aromatic rings. The molecule has 8 nitrogen and oxygen atoms in total. The van der Waals surface area contributed by atoms with E-state index in [0.29, 0.717) is 28.3 Å². The van der Waals surface area contributed by atoms with Crippen LogP contribution in [0.5, 0.6) is 11.5 Å². The Hall–Kier alpha value is -2.45. The quantitative estimate of drug-likeness (QED) is 0.415. The molecule has 1 radical (unpaired) electrons. The number of hydrogen-bond donors (Lipinski definition) is 0. The topological polar surface area (TPSA) is 103 Å².